The third kappa shape index (κ3) is 10.5. The second-order valence-electron chi connectivity index (χ2n) is 9.63. The number of carbonyl (C=O) groups excluding carboxylic acids is 5. The lowest BCUT2D eigenvalue weighted by Gasteiger charge is -2.25. The first-order valence-electron chi connectivity index (χ1n) is 13.0. The number of rotatable bonds is 18. The molecule has 1 aromatic carbocycles. The highest BCUT2D eigenvalue weighted by atomic mass is 16.4. The standard InChI is InChI=1S/C26H35N7O9/c27-15(5-10-22(36)37)23(38)31-17(6-8-20(28)34)24(39)33-19(11-13-12-30-16-4-2-1-3-14(13)16)25(40)32-18(26(41)42)7-9-21(29)35/h1-4,12,15,17-19,30H,5-11,27H2,(H2,28,34)(H2,29,35)(H,31,38)(H,32,40)(H,33,39)(H,36,37)(H,41,42). The number of primary amides is 2. The molecule has 0 aliphatic carbocycles. The van der Waals surface area contributed by atoms with E-state index in [0.717, 1.165) is 10.9 Å². The molecule has 2 rings (SSSR count). The minimum atomic E-state index is -1.50. The number of amides is 5. The molecular weight excluding hydrogens is 554 g/mol. The van der Waals surface area contributed by atoms with E-state index in [1.807, 2.05) is 0 Å². The van der Waals surface area contributed by atoms with Crippen molar-refractivity contribution in [3.05, 3.63) is 36.0 Å². The molecule has 2 aromatic rings. The van der Waals surface area contributed by atoms with Crippen LogP contribution < -0.4 is 33.2 Å². The van der Waals surface area contributed by atoms with Crippen molar-refractivity contribution >= 4 is 52.4 Å². The highest BCUT2D eigenvalue weighted by molar-refractivity contribution is 5.95. The maximum absolute atomic E-state index is 13.3. The van der Waals surface area contributed by atoms with Crippen LogP contribution in [0.1, 0.15) is 44.1 Å². The number of aromatic nitrogens is 1. The van der Waals surface area contributed by atoms with Gasteiger partial charge >= 0.3 is 11.9 Å². The number of aromatic amines is 1. The predicted octanol–water partition coefficient (Wildman–Crippen LogP) is -2.03. The molecule has 0 fully saturated rings. The molecule has 1 aromatic heterocycles. The topological polar surface area (TPSA) is 290 Å². The largest absolute Gasteiger partial charge is 0.481 e. The van der Waals surface area contributed by atoms with Gasteiger partial charge in [-0.3, -0.25) is 28.8 Å². The summed E-state index contributed by atoms with van der Waals surface area (Å²) in [6.07, 6.45) is -0.327. The number of nitrogens with two attached hydrogens (primary N) is 3. The van der Waals surface area contributed by atoms with Gasteiger partial charge in [-0.1, -0.05) is 18.2 Å². The monoisotopic (exact) mass is 589 g/mol. The van der Waals surface area contributed by atoms with Gasteiger partial charge < -0.3 is 48.3 Å². The minimum Gasteiger partial charge on any atom is -0.481 e. The van der Waals surface area contributed by atoms with Crippen LogP contribution in [0.4, 0.5) is 0 Å². The molecule has 0 radical (unpaired) electrons. The fourth-order valence-corrected chi connectivity index (χ4v) is 4.06. The summed E-state index contributed by atoms with van der Waals surface area (Å²) in [6, 6.07) is 1.57. The van der Waals surface area contributed by atoms with Gasteiger partial charge in [-0.2, -0.15) is 0 Å². The average Bonchev–Trinajstić information content (AvgIpc) is 3.33. The molecule has 5 amide bonds. The second-order valence-corrected chi connectivity index (χ2v) is 9.63. The summed E-state index contributed by atoms with van der Waals surface area (Å²) in [5, 5.41) is 26.3. The Hall–Kier alpha value is -4.99. The van der Waals surface area contributed by atoms with E-state index < -0.39 is 72.1 Å². The fourth-order valence-electron chi connectivity index (χ4n) is 4.06. The molecular formula is C26H35N7O9. The number of carboxylic acid groups (broad SMARTS) is 2. The van der Waals surface area contributed by atoms with E-state index >= 15 is 0 Å². The summed E-state index contributed by atoms with van der Waals surface area (Å²) in [7, 11) is 0. The normalized spacial score (nSPS) is 13.7. The van der Waals surface area contributed by atoms with Crippen LogP contribution in [0, 0.1) is 0 Å². The van der Waals surface area contributed by atoms with Crippen molar-refractivity contribution in [2.24, 2.45) is 17.2 Å². The Kier molecular flexibility index (Phi) is 12.4. The zero-order chi connectivity index (χ0) is 31.4. The summed E-state index contributed by atoms with van der Waals surface area (Å²) in [5.41, 5.74) is 17.4. The molecule has 42 heavy (non-hydrogen) atoms. The molecule has 0 aliphatic heterocycles. The number of H-pyrrole nitrogens is 1. The number of hydrogen-bond donors (Lipinski definition) is 9. The zero-order valence-corrected chi connectivity index (χ0v) is 22.6. The van der Waals surface area contributed by atoms with E-state index in [9.17, 15) is 38.7 Å². The summed E-state index contributed by atoms with van der Waals surface area (Å²) >= 11 is 0. The maximum Gasteiger partial charge on any atom is 0.326 e. The van der Waals surface area contributed by atoms with Gasteiger partial charge in [0.1, 0.15) is 18.1 Å². The predicted molar refractivity (Wildman–Crippen MR) is 147 cm³/mol. The second kappa shape index (κ2) is 15.7. The van der Waals surface area contributed by atoms with E-state index in [1.54, 1.807) is 30.5 Å². The first-order valence-corrected chi connectivity index (χ1v) is 13.0. The summed E-state index contributed by atoms with van der Waals surface area (Å²) in [4.78, 5) is 87.4. The number of nitrogens with one attached hydrogen (secondary N) is 4. The Bertz CT molecular complexity index is 1330. The van der Waals surface area contributed by atoms with Gasteiger partial charge in [0.15, 0.2) is 0 Å². The van der Waals surface area contributed by atoms with E-state index in [0.29, 0.717) is 5.56 Å². The van der Waals surface area contributed by atoms with Crippen LogP contribution in [-0.4, -0.2) is 80.8 Å². The van der Waals surface area contributed by atoms with E-state index in [4.69, 9.17) is 22.3 Å². The van der Waals surface area contributed by atoms with Gasteiger partial charge in [0, 0.05) is 42.8 Å². The van der Waals surface area contributed by atoms with Crippen LogP contribution in [0.3, 0.4) is 0 Å². The number of fused-ring (bicyclic) bond motifs is 1. The summed E-state index contributed by atoms with van der Waals surface area (Å²) in [5.74, 6) is -6.82. The lowest BCUT2D eigenvalue weighted by molar-refractivity contribution is -0.142. The van der Waals surface area contributed by atoms with Gasteiger partial charge in [-0.25, -0.2) is 4.79 Å². The van der Waals surface area contributed by atoms with Crippen LogP contribution in [-0.2, 0) is 40.0 Å². The van der Waals surface area contributed by atoms with E-state index in [-0.39, 0.29) is 38.5 Å². The number of benzene rings is 1. The van der Waals surface area contributed by atoms with E-state index in [1.165, 1.54) is 0 Å². The zero-order valence-electron chi connectivity index (χ0n) is 22.6. The lowest BCUT2D eigenvalue weighted by Crippen LogP contribution is -2.57. The molecule has 1 heterocycles. The number of aliphatic carboxylic acids is 2. The van der Waals surface area contributed by atoms with Crippen LogP contribution >= 0.6 is 0 Å². The molecule has 16 nitrogen and oxygen atoms in total. The van der Waals surface area contributed by atoms with Crippen molar-refractivity contribution in [3.63, 3.8) is 0 Å². The first-order chi connectivity index (χ1) is 19.8. The Morgan fingerprint density at radius 2 is 1.29 bits per heavy atom. The lowest BCUT2D eigenvalue weighted by atomic mass is 10.0. The van der Waals surface area contributed by atoms with Crippen molar-refractivity contribution in [2.75, 3.05) is 0 Å². The molecule has 0 saturated carbocycles. The smallest absolute Gasteiger partial charge is 0.326 e. The Balaban J connectivity index is 2.32. The van der Waals surface area contributed by atoms with Crippen LogP contribution in [0.2, 0.25) is 0 Å². The van der Waals surface area contributed by atoms with Crippen LogP contribution in [0.25, 0.3) is 10.9 Å². The average molecular weight is 590 g/mol. The third-order valence-electron chi connectivity index (χ3n) is 6.34. The van der Waals surface area contributed by atoms with Gasteiger partial charge in [0.05, 0.1) is 6.04 Å². The Morgan fingerprint density at radius 1 is 0.738 bits per heavy atom. The minimum absolute atomic E-state index is 0.113. The van der Waals surface area contributed by atoms with Crippen molar-refractivity contribution in [2.45, 2.75) is 69.1 Å². The summed E-state index contributed by atoms with van der Waals surface area (Å²) in [6.45, 7) is 0. The first kappa shape index (κ1) is 33.2. The van der Waals surface area contributed by atoms with Crippen molar-refractivity contribution in [1.82, 2.24) is 20.9 Å². The van der Waals surface area contributed by atoms with Crippen LogP contribution in [0.15, 0.2) is 30.5 Å². The Labute approximate surface area is 239 Å². The number of carbonyl (C=O) groups is 7. The number of hydrogen-bond acceptors (Lipinski definition) is 8. The molecule has 0 saturated heterocycles. The highest BCUT2D eigenvalue weighted by Crippen LogP contribution is 2.19. The molecule has 0 aliphatic rings. The SMILES string of the molecule is NC(=O)CCC(NC(=O)C(Cc1c[nH]c2ccccc12)NC(=O)C(CCC(N)=O)NC(=O)C(N)CCC(=O)O)C(=O)O. The number of para-hydroxylation sites is 1. The van der Waals surface area contributed by atoms with Crippen molar-refractivity contribution < 1.29 is 43.8 Å². The fraction of sp³-hybridized carbons (Fsp3) is 0.423. The molecule has 228 valence electrons. The molecule has 16 heteroatoms. The maximum atomic E-state index is 13.3. The van der Waals surface area contributed by atoms with Crippen molar-refractivity contribution in [1.29, 1.82) is 0 Å². The van der Waals surface area contributed by atoms with E-state index in [2.05, 4.69) is 20.9 Å². The van der Waals surface area contributed by atoms with Crippen molar-refractivity contribution in [3.8, 4) is 0 Å². The summed E-state index contributed by atoms with van der Waals surface area (Å²) < 4.78 is 0. The van der Waals surface area contributed by atoms with Gasteiger partial charge in [0.25, 0.3) is 0 Å². The Morgan fingerprint density at radius 3 is 1.88 bits per heavy atom. The van der Waals surface area contributed by atoms with Gasteiger partial charge in [-0.15, -0.1) is 0 Å². The van der Waals surface area contributed by atoms with Gasteiger partial charge in [-0.05, 0) is 30.9 Å². The quantitative estimate of drug-likeness (QED) is 0.0918. The highest BCUT2D eigenvalue weighted by Gasteiger charge is 2.31. The molecule has 12 N–H and O–H groups in total. The molecule has 0 bridgehead atoms. The molecule has 0 spiro atoms. The number of carboxylic acids is 2. The molecule has 4 unspecified atom stereocenters. The van der Waals surface area contributed by atoms with Gasteiger partial charge in [0.2, 0.25) is 29.5 Å². The molecule has 4 atom stereocenters. The van der Waals surface area contributed by atoms with Crippen LogP contribution in [0.5, 0.6) is 0 Å². The third-order valence-corrected chi connectivity index (χ3v) is 6.34.